The molecule has 2 heterocycles. The predicted molar refractivity (Wildman–Crippen MR) is 77.1 cm³/mol. The Morgan fingerprint density at radius 3 is 2.73 bits per heavy atom. The van der Waals surface area contributed by atoms with Gasteiger partial charge in [-0.15, -0.1) is 0 Å². The first-order valence-electron chi connectivity index (χ1n) is 6.99. The number of rotatable bonds is 7. The first kappa shape index (κ1) is 15.8. The lowest BCUT2D eigenvalue weighted by Crippen LogP contribution is -2.33. The van der Waals surface area contributed by atoms with Crippen molar-refractivity contribution in [2.24, 2.45) is 11.8 Å². The van der Waals surface area contributed by atoms with Gasteiger partial charge in [-0.1, -0.05) is 19.0 Å². The minimum Gasteiger partial charge on any atom is -0.481 e. The van der Waals surface area contributed by atoms with Crippen LogP contribution in [0.2, 0.25) is 0 Å². The average Bonchev–Trinajstić information content (AvgIpc) is 3.11. The van der Waals surface area contributed by atoms with E-state index in [2.05, 4.69) is 10.5 Å². The molecule has 0 aliphatic heterocycles. The zero-order valence-corrected chi connectivity index (χ0v) is 12.4. The van der Waals surface area contributed by atoms with Gasteiger partial charge in [-0.25, -0.2) is 0 Å². The lowest BCUT2D eigenvalue weighted by Gasteiger charge is -2.14. The monoisotopic (exact) mass is 306 g/mol. The van der Waals surface area contributed by atoms with Crippen molar-refractivity contribution in [1.29, 1.82) is 0 Å². The average molecular weight is 306 g/mol. The number of furan rings is 1. The number of nitrogens with one attached hydrogen (secondary N) is 1. The Morgan fingerprint density at radius 2 is 2.14 bits per heavy atom. The van der Waals surface area contributed by atoms with Crippen LogP contribution >= 0.6 is 0 Å². The van der Waals surface area contributed by atoms with Crippen molar-refractivity contribution in [2.75, 3.05) is 6.54 Å². The quantitative estimate of drug-likeness (QED) is 0.813. The molecule has 0 radical (unpaired) electrons. The Bertz CT molecular complexity index is 630. The summed E-state index contributed by atoms with van der Waals surface area (Å²) in [5.41, 5.74) is 0.0834. The van der Waals surface area contributed by atoms with Crippen LogP contribution in [0.5, 0.6) is 0 Å². The third kappa shape index (κ3) is 3.97. The fourth-order valence-electron chi connectivity index (χ4n) is 2.06. The predicted octanol–water partition coefficient (Wildman–Crippen LogP) is 2.41. The molecule has 2 rings (SSSR count). The lowest BCUT2D eigenvalue weighted by molar-refractivity contribution is -0.142. The van der Waals surface area contributed by atoms with Gasteiger partial charge < -0.3 is 19.4 Å². The summed E-state index contributed by atoms with van der Waals surface area (Å²) >= 11 is 0. The van der Waals surface area contributed by atoms with Crippen LogP contribution in [0, 0.1) is 11.8 Å². The first-order chi connectivity index (χ1) is 10.5. The van der Waals surface area contributed by atoms with Crippen LogP contribution in [0.4, 0.5) is 0 Å². The van der Waals surface area contributed by atoms with Crippen molar-refractivity contribution in [3.05, 3.63) is 30.2 Å². The van der Waals surface area contributed by atoms with Gasteiger partial charge in [-0.05, 0) is 24.5 Å². The molecule has 0 spiro atoms. The van der Waals surface area contributed by atoms with Crippen molar-refractivity contribution in [2.45, 2.75) is 20.3 Å². The van der Waals surface area contributed by atoms with Crippen molar-refractivity contribution in [3.63, 3.8) is 0 Å². The number of carboxylic acids is 1. The summed E-state index contributed by atoms with van der Waals surface area (Å²) < 4.78 is 10.2. The second kappa shape index (κ2) is 6.93. The Balaban J connectivity index is 1.96. The minimum absolute atomic E-state index is 0.0509. The summed E-state index contributed by atoms with van der Waals surface area (Å²) in [7, 11) is 0. The summed E-state index contributed by atoms with van der Waals surface area (Å²) in [4.78, 5) is 23.1. The van der Waals surface area contributed by atoms with Crippen molar-refractivity contribution < 1.29 is 23.6 Å². The number of aromatic nitrogens is 1. The molecule has 0 aromatic carbocycles. The van der Waals surface area contributed by atoms with Gasteiger partial charge in [0, 0.05) is 12.6 Å². The molecule has 0 fully saturated rings. The molecule has 7 nitrogen and oxygen atoms in total. The molecule has 0 aliphatic carbocycles. The third-order valence-corrected chi connectivity index (χ3v) is 3.12. The van der Waals surface area contributed by atoms with Crippen LogP contribution in [0.1, 0.15) is 30.8 Å². The largest absolute Gasteiger partial charge is 0.481 e. The molecule has 2 aromatic rings. The Kier molecular flexibility index (Phi) is 4.98. The van der Waals surface area contributed by atoms with E-state index in [0.29, 0.717) is 17.9 Å². The van der Waals surface area contributed by atoms with E-state index in [4.69, 9.17) is 14.0 Å². The van der Waals surface area contributed by atoms with Crippen LogP contribution in [0.25, 0.3) is 11.5 Å². The maximum absolute atomic E-state index is 12.0. The zero-order valence-electron chi connectivity index (χ0n) is 12.4. The topological polar surface area (TPSA) is 106 Å². The highest BCUT2D eigenvalue weighted by Crippen LogP contribution is 2.20. The van der Waals surface area contributed by atoms with Gasteiger partial charge in [0.25, 0.3) is 5.91 Å². The molecule has 2 N–H and O–H groups in total. The number of amides is 1. The van der Waals surface area contributed by atoms with E-state index >= 15 is 0 Å². The third-order valence-electron chi connectivity index (χ3n) is 3.12. The molecular weight excluding hydrogens is 288 g/mol. The molecule has 0 saturated heterocycles. The molecule has 118 valence electrons. The smallest absolute Gasteiger partial charge is 0.308 e. The second-order valence-electron chi connectivity index (χ2n) is 5.43. The van der Waals surface area contributed by atoms with E-state index in [1.54, 1.807) is 12.1 Å². The van der Waals surface area contributed by atoms with Crippen LogP contribution in [-0.2, 0) is 4.79 Å². The van der Waals surface area contributed by atoms with E-state index in [-0.39, 0.29) is 18.2 Å². The number of carboxylic acid groups (broad SMARTS) is 1. The van der Waals surface area contributed by atoms with Gasteiger partial charge in [-0.3, -0.25) is 9.59 Å². The van der Waals surface area contributed by atoms with Crippen LogP contribution in [-0.4, -0.2) is 28.7 Å². The van der Waals surface area contributed by atoms with Crippen molar-refractivity contribution >= 4 is 11.9 Å². The first-order valence-corrected chi connectivity index (χ1v) is 6.99. The van der Waals surface area contributed by atoms with Gasteiger partial charge in [0.1, 0.15) is 0 Å². The fraction of sp³-hybridized carbons (Fsp3) is 0.400. The normalized spacial score (nSPS) is 12.3. The number of hydrogen-bond donors (Lipinski definition) is 2. The number of nitrogens with zero attached hydrogens (tertiary/aromatic N) is 1. The molecule has 1 unspecified atom stereocenters. The highest BCUT2D eigenvalue weighted by Gasteiger charge is 2.21. The van der Waals surface area contributed by atoms with Gasteiger partial charge in [0.05, 0.1) is 12.2 Å². The fourth-order valence-corrected chi connectivity index (χ4v) is 2.06. The summed E-state index contributed by atoms with van der Waals surface area (Å²) in [6, 6.07) is 4.83. The highest BCUT2D eigenvalue weighted by atomic mass is 16.5. The second-order valence-corrected chi connectivity index (χ2v) is 5.43. The van der Waals surface area contributed by atoms with Gasteiger partial charge in [0.15, 0.2) is 11.5 Å². The molecule has 0 saturated carbocycles. The van der Waals surface area contributed by atoms with Crippen LogP contribution in [0.3, 0.4) is 0 Å². The molecule has 22 heavy (non-hydrogen) atoms. The maximum Gasteiger partial charge on any atom is 0.308 e. The van der Waals surface area contributed by atoms with Gasteiger partial charge in [0.2, 0.25) is 5.76 Å². The van der Waals surface area contributed by atoms with E-state index in [9.17, 15) is 9.59 Å². The minimum atomic E-state index is -0.926. The summed E-state index contributed by atoms with van der Waals surface area (Å²) in [6.45, 7) is 3.92. The Labute approximate surface area is 127 Å². The number of carbonyl (C=O) groups excluding carboxylic acids is 1. The van der Waals surface area contributed by atoms with E-state index in [1.165, 1.54) is 12.3 Å². The summed E-state index contributed by atoms with van der Waals surface area (Å²) in [5, 5.41) is 15.4. The number of hydrogen-bond acceptors (Lipinski definition) is 5. The van der Waals surface area contributed by atoms with E-state index in [0.717, 1.165) is 0 Å². The highest BCUT2D eigenvalue weighted by molar-refractivity contribution is 5.93. The van der Waals surface area contributed by atoms with E-state index < -0.39 is 17.8 Å². The number of carbonyl (C=O) groups is 2. The molecule has 7 heteroatoms. The SMILES string of the molecule is CC(C)CC(CNC(=O)c1cc(-c2ccco2)on1)C(=O)O. The molecule has 1 atom stereocenters. The van der Waals surface area contributed by atoms with Crippen LogP contribution in [0.15, 0.2) is 33.4 Å². The Hall–Kier alpha value is -2.57. The molecule has 2 aromatic heterocycles. The zero-order chi connectivity index (χ0) is 16.1. The molecule has 0 bridgehead atoms. The standard InChI is InChI=1S/C15H18N2O5/c1-9(2)6-10(15(19)20)8-16-14(18)11-7-13(22-17-11)12-4-3-5-21-12/h3-5,7,9-10H,6,8H2,1-2H3,(H,16,18)(H,19,20). The number of aliphatic carboxylic acids is 1. The molecule has 0 aliphatic rings. The van der Waals surface area contributed by atoms with Gasteiger partial charge in [-0.2, -0.15) is 0 Å². The molecular formula is C15H18N2O5. The summed E-state index contributed by atoms with van der Waals surface area (Å²) in [5.74, 6) is -0.986. The van der Waals surface area contributed by atoms with Crippen molar-refractivity contribution in [3.8, 4) is 11.5 Å². The maximum atomic E-state index is 12.0. The van der Waals surface area contributed by atoms with Crippen molar-refractivity contribution in [1.82, 2.24) is 10.5 Å². The molecule has 1 amide bonds. The summed E-state index contributed by atoms with van der Waals surface area (Å²) in [6.07, 6.45) is 1.98. The Morgan fingerprint density at radius 1 is 1.36 bits per heavy atom. The lowest BCUT2D eigenvalue weighted by atomic mass is 9.97. The van der Waals surface area contributed by atoms with Crippen LogP contribution < -0.4 is 5.32 Å². The van der Waals surface area contributed by atoms with Gasteiger partial charge >= 0.3 is 5.97 Å². The van der Waals surface area contributed by atoms with E-state index in [1.807, 2.05) is 13.8 Å².